The van der Waals surface area contributed by atoms with Crippen molar-refractivity contribution >= 4 is 23.1 Å². The predicted molar refractivity (Wildman–Crippen MR) is 69.4 cm³/mol. The summed E-state index contributed by atoms with van der Waals surface area (Å²) in [7, 11) is 1.60. The molecule has 94 valence electrons. The van der Waals surface area contributed by atoms with Crippen LogP contribution in [0.1, 0.15) is 33.6 Å². The van der Waals surface area contributed by atoms with Crippen molar-refractivity contribution in [1.82, 2.24) is 4.90 Å². The third-order valence-corrected chi connectivity index (χ3v) is 2.45. The Morgan fingerprint density at radius 1 is 1.50 bits per heavy atom. The lowest BCUT2D eigenvalue weighted by molar-refractivity contribution is -0.135. The Kier molecular flexibility index (Phi) is 6.52. The average Bonchev–Trinajstić information content (AvgIpc) is 2.16. The molecule has 0 aliphatic heterocycles. The van der Waals surface area contributed by atoms with E-state index >= 15 is 0 Å². The van der Waals surface area contributed by atoms with E-state index in [4.69, 9.17) is 22.7 Å². The fourth-order valence-electron chi connectivity index (χ4n) is 1.30. The minimum Gasteiger partial charge on any atom is -0.392 e. The van der Waals surface area contributed by atoms with Gasteiger partial charge < -0.3 is 15.4 Å². The fourth-order valence-corrected chi connectivity index (χ4v) is 1.45. The van der Waals surface area contributed by atoms with Gasteiger partial charge in [-0.1, -0.05) is 19.1 Å². The molecule has 0 spiro atoms. The first kappa shape index (κ1) is 15.3. The molecule has 0 unspecified atom stereocenters. The third-order valence-electron chi connectivity index (χ3n) is 2.32. The zero-order valence-electron chi connectivity index (χ0n) is 10.6. The number of nitrogens with two attached hydrogens (primary N) is 1. The lowest BCUT2D eigenvalue weighted by Gasteiger charge is -2.27. The van der Waals surface area contributed by atoms with Gasteiger partial charge in [0.2, 0.25) is 5.91 Å². The van der Waals surface area contributed by atoms with E-state index in [9.17, 15) is 4.79 Å². The van der Waals surface area contributed by atoms with Crippen LogP contribution < -0.4 is 5.73 Å². The van der Waals surface area contributed by atoms with E-state index < -0.39 is 5.60 Å². The molecule has 1 amide bonds. The molecule has 5 heteroatoms. The highest BCUT2D eigenvalue weighted by atomic mass is 32.1. The first-order chi connectivity index (χ1) is 7.32. The van der Waals surface area contributed by atoms with Crippen molar-refractivity contribution in [3.05, 3.63) is 0 Å². The number of rotatable bonds is 7. The first-order valence-corrected chi connectivity index (χ1v) is 5.84. The molecule has 16 heavy (non-hydrogen) atoms. The number of ether oxygens (including phenoxy) is 1. The van der Waals surface area contributed by atoms with E-state index in [0.29, 0.717) is 24.5 Å². The maximum atomic E-state index is 12.0. The monoisotopic (exact) mass is 246 g/mol. The fraction of sp³-hybridized carbons (Fsp3) is 0.818. The maximum Gasteiger partial charge on any atom is 0.225 e. The molecular weight excluding hydrogens is 224 g/mol. The van der Waals surface area contributed by atoms with Crippen molar-refractivity contribution < 1.29 is 9.53 Å². The summed E-state index contributed by atoms with van der Waals surface area (Å²) in [5.41, 5.74) is 5.02. The van der Waals surface area contributed by atoms with Crippen molar-refractivity contribution in [3.63, 3.8) is 0 Å². The molecule has 0 fully saturated rings. The number of methoxy groups -OCH3 is 1. The largest absolute Gasteiger partial charge is 0.392 e. The van der Waals surface area contributed by atoms with Crippen LogP contribution >= 0.6 is 12.2 Å². The highest BCUT2D eigenvalue weighted by Crippen LogP contribution is 2.14. The van der Waals surface area contributed by atoms with Gasteiger partial charge in [0.15, 0.2) is 0 Å². The van der Waals surface area contributed by atoms with Gasteiger partial charge in [0, 0.05) is 13.7 Å². The van der Waals surface area contributed by atoms with Crippen LogP contribution in [0.5, 0.6) is 0 Å². The maximum absolute atomic E-state index is 12.0. The van der Waals surface area contributed by atoms with Crippen LogP contribution in [0.15, 0.2) is 0 Å². The molecule has 0 saturated carbocycles. The van der Waals surface area contributed by atoms with E-state index in [2.05, 4.69) is 0 Å². The lowest BCUT2D eigenvalue weighted by Crippen LogP contribution is -2.41. The molecule has 0 aromatic rings. The van der Waals surface area contributed by atoms with E-state index in [1.807, 2.05) is 20.8 Å². The lowest BCUT2D eigenvalue weighted by atomic mass is 10.0. The number of hydrogen-bond donors (Lipinski definition) is 1. The molecule has 2 N–H and O–H groups in total. The topological polar surface area (TPSA) is 55.6 Å². The number of carbonyl (C=O) groups excluding carboxylic acids is 1. The van der Waals surface area contributed by atoms with Crippen molar-refractivity contribution in [3.8, 4) is 0 Å². The summed E-state index contributed by atoms with van der Waals surface area (Å²) in [5.74, 6) is 0.0292. The summed E-state index contributed by atoms with van der Waals surface area (Å²) in [5, 5.41) is 0. The molecule has 4 nitrogen and oxygen atoms in total. The predicted octanol–water partition coefficient (Wildman–Crippen LogP) is 1.33. The molecule has 0 aromatic heterocycles. The highest BCUT2D eigenvalue weighted by molar-refractivity contribution is 7.80. The standard InChI is InChI=1S/C11H22N2O2S/c1-5-6-13(8-9(12)16)10(14)7-11(2,3)15-4/h5-8H2,1-4H3,(H2,12,16). The zero-order chi connectivity index (χ0) is 12.8. The van der Waals surface area contributed by atoms with Crippen LogP contribution in [0.3, 0.4) is 0 Å². The second-order valence-corrected chi connectivity index (χ2v) is 4.95. The second kappa shape index (κ2) is 6.81. The Morgan fingerprint density at radius 2 is 2.06 bits per heavy atom. The highest BCUT2D eigenvalue weighted by Gasteiger charge is 2.24. The van der Waals surface area contributed by atoms with Crippen LogP contribution in [-0.2, 0) is 9.53 Å². The van der Waals surface area contributed by atoms with Gasteiger partial charge in [-0.15, -0.1) is 0 Å². The summed E-state index contributed by atoms with van der Waals surface area (Å²) < 4.78 is 5.23. The van der Waals surface area contributed by atoms with Gasteiger partial charge in [0.25, 0.3) is 0 Å². The Bertz CT molecular complexity index is 254. The molecule has 0 radical (unpaired) electrons. The van der Waals surface area contributed by atoms with Crippen molar-refractivity contribution in [1.29, 1.82) is 0 Å². The Hall–Kier alpha value is -0.680. The first-order valence-electron chi connectivity index (χ1n) is 5.43. The molecule has 0 aliphatic carbocycles. The SMILES string of the molecule is CCCN(CC(N)=S)C(=O)CC(C)(C)OC. The molecule has 0 saturated heterocycles. The number of amides is 1. The normalized spacial score (nSPS) is 11.2. The molecule has 0 heterocycles. The summed E-state index contributed by atoms with van der Waals surface area (Å²) >= 11 is 4.83. The average molecular weight is 246 g/mol. The molecule has 0 aliphatic rings. The van der Waals surface area contributed by atoms with Crippen LogP contribution in [-0.4, -0.2) is 41.6 Å². The number of nitrogens with zero attached hydrogens (tertiary/aromatic N) is 1. The van der Waals surface area contributed by atoms with Gasteiger partial charge in [0.05, 0.1) is 23.6 Å². The van der Waals surface area contributed by atoms with Crippen LogP contribution in [0.4, 0.5) is 0 Å². The van der Waals surface area contributed by atoms with Gasteiger partial charge in [-0.2, -0.15) is 0 Å². The molecular formula is C11H22N2O2S. The number of carbonyl (C=O) groups is 1. The zero-order valence-corrected chi connectivity index (χ0v) is 11.4. The van der Waals surface area contributed by atoms with Crippen molar-refractivity contribution in [2.24, 2.45) is 5.73 Å². The van der Waals surface area contributed by atoms with E-state index in [1.54, 1.807) is 12.0 Å². The minimum atomic E-state index is -0.445. The molecule has 0 bridgehead atoms. The number of hydrogen-bond acceptors (Lipinski definition) is 3. The van der Waals surface area contributed by atoms with E-state index in [0.717, 1.165) is 6.42 Å². The van der Waals surface area contributed by atoms with Gasteiger partial charge in [-0.05, 0) is 20.3 Å². The van der Waals surface area contributed by atoms with E-state index in [1.165, 1.54) is 0 Å². The minimum absolute atomic E-state index is 0.0292. The van der Waals surface area contributed by atoms with Crippen LogP contribution in [0, 0.1) is 0 Å². The van der Waals surface area contributed by atoms with Gasteiger partial charge >= 0.3 is 0 Å². The summed E-state index contributed by atoms with van der Waals surface area (Å²) in [6, 6.07) is 0. The summed E-state index contributed by atoms with van der Waals surface area (Å²) in [6.07, 6.45) is 1.23. The summed E-state index contributed by atoms with van der Waals surface area (Å²) in [6.45, 7) is 6.81. The molecule has 0 aromatic carbocycles. The van der Waals surface area contributed by atoms with E-state index in [-0.39, 0.29) is 5.91 Å². The van der Waals surface area contributed by atoms with Crippen LogP contribution in [0.25, 0.3) is 0 Å². The quantitative estimate of drug-likeness (QED) is 0.689. The Morgan fingerprint density at radius 3 is 2.44 bits per heavy atom. The van der Waals surface area contributed by atoms with Gasteiger partial charge in [0.1, 0.15) is 0 Å². The molecule has 0 rings (SSSR count). The third kappa shape index (κ3) is 6.02. The molecule has 0 atom stereocenters. The summed E-state index contributed by atoms with van der Waals surface area (Å²) in [4.78, 5) is 14.0. The van der Waals surface area contributed by atoms with Gasteiger partial charge in [-0.25, -0.2) is 0 Å². The van der Waals surface area contributed by atoms with Crippen LogP contribution in [0.2, 0.25) is 0 Å². The van der Waals surface area contributed by atoms with Gasteiger partial charge in [-0.3, -0.25) is 4.79 Å². The smallest absolute Gasteiger partial charge is 0.225 e. The van der Waals surface area contributed by atoms with Crippen molar-refractivity contribution in [2.75, 3.05) is 20.2 Å². The second-order valence-electron chi connectivity index (χ2n) is 4.42. The Balaban J connectivity index is 4.43. The number of thiocarbonyl (C=S) groups is 1. The Labute approximate surface area is 103 Å². The van der Waals surface area contributed by atoms with Crippen molar-refractivity contribution in [2.45, 2.75) is 39.2 Å².